The number of aromatic nitrogens is 1. The molecule has 1 saturated carbocycles. The fourth-order valence-electron chi connectivity index (χ4n) is 3.23. The number of nitrogens with two attached hydrogens (primary N) is 1. The van der Waals surface area contributed by atoms with Crippen LogP contribution in [0.3, 0.4) is 0 Å². The second kappa shape index (κ2) is 7.96. The van der Waals surface area contributed by atoms with Crippen LogP contribution < -0.4 is 5.73 Å². The van der Waals surface area contributed by atoms with Gasteiger partial charge in [-0.05, 0) is 12.3 Å². The van der Waals surface area contributed by atoms with E-state index < -0.39 is 0 Å². The number of hydrogen-bond acceptors (Lipinski definition) is 4. The Morgan fingerprint density at radius 2 is 2.19 bits per heavy atom. The number of carbonyl (C=O) groups excluding carboxylic acids is 2. The van der Waals surface area contributed by atoms with Crippen LogP contribution in [0.15, 0.2) is 10.7 Å². The summed E-state index contributed by atoms with van der Waals surface area (Å²) in [4.78, 5) is 26.0. The molecule has 1 heterocycles. The van der Waals surface area contributed by atoms with Crippen molar-refractivity contribution >= 4 is 12.2 Å². The van der Waals surface area contributed by atoms with Gasteiger partial charge in [0.1, 0.15) is 12.0 Å². The van der Waals surface area contributed by atoms with E-state index in [1.54, 1.807) is 0 Å². The minimum absolute atomic E-state index is 0.111. The maximum Gasteiger partial charge on any atom is 0.218 e. The Hall–Kier alpha value is -1.65. The van der Waals surface area contributed by atoms with E-state index in [0.29, 0.717) is 12.2 Å². The van der Waals surface area contributed by atoms with E-state index in [1.165, 1.54) is 44.8 Å². The topological polar surface area (TPSA) is 86.2 Å². The molecule has 21 heavy (non-hydrogen) atoms. The van der Waals surface area contributed by atoms with Crippen molar-refractivity contribution in [3.8, 4) is 0 Å². The maximum atomic E-state index is 11.2. The molecule has 1 aromatic rings. The fraction of sp³-hybridized carbons (Fsp3) is 0.688. The molecular formula is C16H24N2O3. The van der Waals surface area contributed by atoms with Gasteiger partial charge in [0.25, 0.3) is 0 Å². The summed E-state index contributed by atoms with van der Waals surface area (Å²) in [5.74, 6) is 0.811. The molecule has 0 radical (unpaired) electrons. The molecule has 0 spiro atoms. The molecule has 2 N–H and O–H groups in total. The lowest BCUT2D eigenvalue weighted by molar-refractivity contribution is -0.118. The van der Waals surface area contributed by atoms with Gasteiger partial charge in [-0.3, -0.25) is 9.59 Å². The molecular weight excluding hydrogens is 268 g/mol. The van der Waals surface area contributed by atoms with Gasteiger partial charge >= 0.3 is 0 Å². The van der Waals surface area contributed by atoms with Crippen molar-refractivity contribution in [3.05, 3.63) is 17.8 Å². The molecule has 0 aliphatic heterocycles. The highest BCUT2D eigenvalue weighted by molar-refractivity contribution is 5.74. The third-order valence-corrected chi connectivity index (χ3v) is 4.35. The lowest BCUT2D eigenvalue weighted by Crippen LogP contribution is -2.16. The standard InChI is InChI=1S/C16H24N2O3/c17-15(20)9-13(16-18-14(10-19)11-21-16)8-4-7-12-5-2-1-3-6-12/h10-13H,1-9H2,(H2,17,20). The first-order valence-electron chi connectivity index (χ1n) is 7.88. The average Bonchev–Trinajstić information content (AvgIpc) is 2.96. The van der Waals surface area contributed by atoms with Gasteiger partial charge in [-0.25, -0.2) is 4.98 Å². The van der Waals surface area contributed by atoms with Gasteiger partial charge in [-0.1, -0.05) is 44.9 Å². The van der Waals surface area contributed by atoms with Crippen LogP contribution in [0.1, 0.15) is 80.1 Å². The Morgan fingerprint density at radius 3 is 2.81 bits per heavy atom. The molecule has 1 fully saturated rings. The van der Waals surface area contributed by atoms with E-state index in [0.717, 1.165) is 18.8 Å². The Kier molecular flexibility index (Phi) is 5.96. The molecule has 116 valence electrons. The molecule has 1 unspecified atom stereocenters. The van der Waals surface area contributed by atoms with Crippen molar-refractivity contribution in [1.29, 1.82) is 0 Å². The summed E-state index contributed by atoms with van der Waals surface area (Å²) < 4.78 is 5.31. The number of amides is 1. The Balaban J connectivity index is 1.86. The summed E-state index contributed by atoms with van der Waals surface area (Å²) >= 11 is 0. The average molecular weight is 292 g/mol. The van der Waals surface area contributed by atoms with E-state index >= 15 is 0 Å². The SMILES string of the molecule is NC(=O)CC(CCCC1CCCCC1)c1nc(C=O)co1. The third kappa shape index (κ3) is 4.99. The van der Waals surface area contributed by atoms with E-state index in [2.05, 4.69) is 4.98 Å². The van der Waals surface area contributed by atoms with Gasteiger partial charge in [-0.15, -0.1) is 0 Å². The van der Waals surface area contributed by atoms with Crippen LogP contribution in [0.2, 0.25) is 0 Å². The highest BCUT2D eigenvalue weighted by Gasteiger charge is 2.21. The Labute approximate surface area is 125 Å². The lowest BCUT2D eigenvalue weighted by Gasteiger charge is -2.22. The van der Waals surface area contributed by atoms with E-state index in [4.69, 9.17) is 10.2 Å². The summed E-state index contributed by atoms with van der Waals surface area (Å²) in [6, 6.07) is 0. The normalized spacial score (nSPS) is 17.5. The molecule has 2 rings (SSSR count). The molecule has 1 aromatic heterocycles. The smallest absolute Gasteiger partial charge is 0.218 e. The van der Waals surface area contributed by atoms with Crippen LogP contribution in [-0.2, 0) is 4.79 Å². The lowest BCUT2D eigenvalue weighted by atomic mass is 9.84. The zero-order valence-electron chi connectivity index (χ0n) is 12.4. The molecule has 0 saturated heterocycles. The first-order chi connectivity index (χ1) is 10.2. The van der Waals surface area contributed by atoms with Crippen molar-refractivity contribution in [2.75, 3.05) is 0 Å². The molecule has 5 nitrogen and oxygen atoms in total. The monoisotopic (exact) mass is 292 g/mol. The number of oxazole rings is 1. The minimum atomic E-state index is -0.358. The maximum absolute atomic E-state index is 11.2. The molecule has 1 aliphatic carbocycles. The van der Waals surface area contributed by atoms with Crippen molar-refractivity contribution in [1.82, 2.24) is 4.98 Å². The van der Waals surface area contributed by atoms with Gasteiger partial charge < -0.3 is 10.2 Å². The van der Waals surface area contributed by atoms with Crippen molar-refractivity contribution in [2.45, 2.75) is 63.7 Å². The van der Waals surface area contributed by atoms with Crippen LogP contribution in [0.25, 0.3) is 0 Å². The fourth-order valence-corrected chi connectivity index (χ4v) is 3.23. The number of carbonyl (C=O) groups is 2. The molecule has 0 bridgehead atoms. The Morgan fingerprint density at radius 1 is 1.43 bits per heavy atom. The predicted octanol–water partition coefficient (Wildman–Crippen LogP) is 3.20. The van der Waals surface area contributed by atoms with Gasteiger partial charge in [0.2, 0.25) is 5.91 Å². The number of nitrogens with zero attached hydrogens (tertiary/aromatic N) is 1. The summed E-state index contributed by atoms with van der Waals surface area (Å²) in [5, 5.41) is 0. The van der Waals surface area contributed by atoms with Crippen LogP contribution in [-0.4, -0.2) is 17.2 Å². The number of primary amides is 1. The van der Waals surface area contributed by atoms with Crippen LogP contribution in [0.5, 0.6) is 0 Å². The van der Waals surface area contributed by atoms with E-state index in [-0.39, 0.29) is 23.9 Å². The zero-order chi connectivity index (χ0) is 15.1. The number of aldehydes is 1. The van der Waals surface area contributed by atoms with Gasteiger partial charge in [0, 0.05) is 12.3 Å². The van der Waals surface area contributed by atoms with Gasteiger partial charge in [0.15, 0.2) is 12.2 Å². The number of hydrogen-bond donors (Lipinski definition) is 1. The first-order valence-corrected chi connectivity index (χ1v) is 7.88. The quantitative estimate of drug-likeness (QED) is 0.745. The first kappa shape index (κ1) is 15.7. The third-order valence-electron chi connectivity index (χ3n) is 4.35. The summed E-state index contributed by atoms with van der Waals surface area (Å²) in [6.07, 6.45) is 12.0. The van der Waals surface area contributed by atoms with Crippen LogP contribution in [0.4, 0.5) is 0 Å². The summed E-state index contributed by atoms with van der Waals surface area (Å²) in [7, 11) is 0. The molecule has 1 atom stereocenters. The van der Waals surface area contributed by atoms with Crippen LogP contribution in [0, 0.1) is 5.92 Å². The largest absolute Gasteiger partial charge is 0.448 e. The minimum Gasteiger partial charge on any atom is -0.448 e. The van der Waals surface area contributed by atoms with Crippen LogP contribution >= 0.6 is 0 Å². The molecule has 1 amide bonds. The summed E-state index contributed by atoms with van der Waals surface area (Å²) in [5.41, 5.74) is 5.58. The van der Waals surface area contributed by atoms with Crippen molar-refractivity contribution < 1.29 is 14.0 Å². The van der Waals surface area contributed by atoms with Gasteiger partial charge in [-0.2, -0.15) is 0 Å². The summed E-state index contributed by atoms with van der Waals surface area (Å²) in [6.45, 7) is 0. The highest BCUT2D eigenvalue weighted by atomic mass is 16.3. The van der Waals surface area contributed by atoms with Gasteiger partial charge in [0.05, 0.1) is 0 Å². The molecule has 1 aliphatic rings. The number of rotatable bonds is 8. The highest BCUT2D eigenvalue weighted by Crippen LogP contribution is 2.31. The molecule has 0 aromatic carbocycles. The Bertz CT molecular complexity index is 464. The zero-order valence-corrected chi connectivity index (χ0v) is 12.4. The van der Waals surface area contributed by atoms with Crippen molar-refractivity contribution in [2.24, 2.45) is 11.7 Å². The van der Waals surface area contributed by atoms with Crippen molar-refractivity contribution in [3.63, 3.8) is 0 Å². The second-order valence-corrected chi connectivity index (χ2v) is 6.03. The molecule has 5 heteroatoms. The van der Waals surface area contributed by atoms with E-state index in [9.17, 15) is 9.59 Å². The second-order valence-electron chi connectivity index (χ2n) is 6.03. The van der Waals surface area contributed by atoms with E-state index in [1.807, 2.05) is 0 Å². The predicted molar refractivity (Wildman–Crippen MR) is 78.9 cm³/mol.